The summed E-state index contributed by atoms with van der Waals surface area (Å²) in [5.74, 6) is 0.000462. The van der Waals surface area contributed by atoms with Gasteiger partial charge in [0.15, 0.2) is 0 Å². The first-order chi connectivity index (χ1) is 25.3. The van der Waals surface area contributed by atoms with Crippen LogP contribution in [0.15, 0.2) is 108 Å². The highest BCUT2D eigenvalue weighted by atomic mass is 16.6. The van der Waals surface area contributed by atoms with Crippen molar-refractivity contribution < 1.29 is 24.5 Å². The zero-order valence-corrected chi connectivity index (χ0v) is 29.3. The molecule has 11 nitrogen and oxygen atoms in total. The summed E-state index contributed by atoms with van der Waals surface area (Å²) in [6.45, 7) is 5.41. The maximum atomic E-state index is 13.3. The molecule has 0 aliphatic carbocycles. The lowest BCUT2D eigenvalue weighted by molar-refractivity contribution is -0.119. The second-order valence-electron chi connectivity index (χ2n) is 13.0. The normalized spacial score (nSPS) is 14.2. The highest BCUT2D eigenvalue weighted by molar-refractivity contribution is 5.93. The largest absolute Gasteiger partial charge is 0.506 e. The second kappa shape index (κ2) is 17.1. The Morgan fingerprint density at radius 2 is 1.67 bits per heavy atom. The number of para-hydroxylation sites is 1. The van der Waals surface area contributed by atoms with Gasteiger partial charge in [-0.15, -0.1) is 0 Å². The second-order valence-corrected chi connectivity index (χ2v) is 13.0. The molecule has 0 bridgehead atoms. The van der Waals surface area contributed by atoms with Crippen LogP contribution >= 0.6 is 0 Å². The lowest BCUT2D eigenvalue weighted by Crippen LogP contribution is -2.41. The predicted molar refractivity (Wildman–Crippen MR) is 203 cm³/mol. The van der Waals surface area contributed by atoms with Crippen LogP contribution in [0.2, 0.25) is 0 Å². The number of piperidine rings is 1. The van der Waals surface area contributed by atoms with Gasteiger partial charge in [-0.05, 0) is 66.8 Å². The SMILES string of the molecule is CCN(C(=O)CCN1CCC(OC(=O)Nc2ccccc2-c2ccccc2)CC1)c1ccc(CNC[C@@H](O)c2ccc(O)c3[nH]c(=O)ccc23)cc1. The fourth-order valence-electron chi connectivity index (χ4n) is 6.70. The lowest BCUT2D eigenvalue weighted by Gasteiger charge is -2.32. The number of H-pyrrole nitrogens is 1. The highest BCUT2D eigenvalue weighted by Gasteiger charge is 2.24. The molecule has 1 aromatic heterocycles. The Balaban J connectivity index is 0.925. The number of aromatic amines is 1. The number of benzene rings is 4. The summed E-state index contributed by atoms with van der Waals surface area (Å²) in [7, 11) is 0. The summed E-state index contributed by atoms with van der Waals surface area (Å²) >= 11 is 0. The average molecular weight is 704 g/mol. The van der Waals surface area contributed by atoms with Gasteiger partial charge in [-0.3, -0.25) is 14.9 Å². The van der Waals surface area contributed by atoms with E-state index in [4.69, 9.17) is 4.74 Å². The first-order valence-corrected chi connectivity index (χ1v) is 17.8. The van der Waals surface area contributed by atoms with Gasteiger partial charge in [0.1, 0.15) is 11.9 Å². The van der Waals surface area contributed by atoms with Crippen LogP contribution in [0, 0.1) is 0 Å². The molecule has 1 aliphatic rings. The van der Waals surface area contributed by atoms with Gasteiger partial charge in [0.05, 0.1) is 17.3 Å². The number of aliphatic hydroxyl groups excluding tert-OH is 1. The topological polar surface area (TPSA) is 147 Å². The number of anilines is 2. The Hall–Kier alpha value is -5.49. The number of carbonyl (C=O) groups is 2. The van der Waals surface area contributed by atoms with Crippen LogP contribution in [0.5, 0.6) is 5.75 Å². The van der Waals surface area contributed by atoms with Crippen LogP contribution in [-0.4, -0.2) is 70.9 Å². The summed E-state index contributed by atoms with van der Waals surface area (Å²) < 4.78 is 5.77. The number of likely N-dealkylation sites (tertiary alicyclic amines) is 1. The van der Waals surface area contributed by atoms with Crippen LogP contribution in [0.25, 0.3) is 22.0 Å². The Labute approximate surface area is 302 Å². The van der Waals surface area contributed by atoms with Gasteiger partial charge in [0.25, 0.3) is 0 Å². The van der Waals surface area contributed by atoms with Gasteiger partial charge >= 0.3 is 6.09 Å². The molecule has 2 heterocycles. The Morgan fingerprint density at radius 1 is 0.942 bits per heavy atom. The predicted octanol–water partition coefficient (Wildman–Crippen LogP) is 6.18. The number of carbonyl (C=O) groups excluding carboxylic acids is 2. The number of nitrogens with one attached hydrogen (secondary N) is 3. The number of rotatable bonds is 13. The van der Waals surface area contributed by atoms with Crippen molar-refractivity contribution in [1.29, 1.82) is 0 Å². The van der Waals surface area contributed by atoms with Gasteiger partial charge in [0, 0.05) is 68.4 Å². The number of hydrogen-bond donors (Lipinski definition) is 5. The van der Waals surface area contributed by atoms with Gasteiger partial charge < -0.3 is 35.1 Å². The number of hydrogen-bond acceptors (Lipinski definition) is 8. The van der Waals surface area contributed by atoms with Gasteiger partial charge in [-0.2, -0.15) is 0 Å². The summed E-state index contributed by atoms with van der Waals surface area (Å²) in [5.41, 5.74) is 5.06. The number of aliphatic hydroxyl groups is 1. The molecular formula is C41H45N5O6. The monoisotopic (exact) mass is 703 g/mol. The number of phenolic OH excluding ortho intramolecular Hbond substituents is 1. The quantitative estimate of drug-likeness (QED) is 0.0978. The minimum absolute atomic E-state index is 0.0494. The van der Waals surface area contributed by atoms with E-state index in [1.807, 2.05) is 85.8 Å². The van der Waals surface area contributed by atoms with Gasteiger partial charge in [-0.25, -0.2) is 4.79 Å². The van der Waals surface area contributed by atoms with E-state index in [1.165, 1.54) is 12.1 Å². The Morgan fingerprint density at radius 3 is 2.42 bits per heavy atom. The maximum absolute atomic E-state index is 13.3. The van der Waals surface area contributed by atoms with Crippen molar-refractivity contribution in [3.63, 3.8) is 0 Å². The minimum Gasteiger partial charge on any atom is -0.506 e. The number of ether oxygens (including phenoxy) is 1. The molecule has 1 fully saturated rings. The third-order valence-electron chi connectivity index (χ3n) is 9.50. The molecule has 1 atom stereocenters. The van der Waals surface area contributed by atoms with Crippen molar-refractivity contribution in [3.8, 4) is 16.9 Å². The van der Waals surface area contributed by atoms with Crippen LogP contribution in [-0.2, 0) is 16.1 Å². The minimum atomic E-state index is -0.854. The number of pyridine rings is 1. The van der Waals surface area contributed by atoms with E-state index in [0.717, 1.165) is 35.5 Å². The molecule has 0 saturated carbocycles. The van der Waals surface area contributed by atoms with E-state index in [1.54, 1.807) is 17.0 Å². The molecule has 5 N–H and O–H groups in total. The molecule has 11 heteroatoms. The standard InChI is InChI=1S/C41H45N5O6/c1-2-46(30-14-12-28(13-15-30)26-42-27-37(48)33-16-18-36(47)40-34(33)17-19-38(49)44-40)39(50)22-25-45-23-20-31(21-24-45)52-41(51)43-35-11-7-6-10-32(35)29-8-4-3-5-9-29/h3-19,31,37,42,47-48H,2,20-27H2,1H3,(H,43,51)(H,44,49)/t37-/m1/s1. The van der Waals surface area contributed by atoms with E-state index >= 15 is 0 Å². The van der Waals surface area contributed by atoms with E-state index in [9.17, 15) is 24.6 Å². The molecule has 6 rings (SSSR count). The van der Waals surface area contributed by atoms with Crippen LogP contribution in [0.1, 0.15) is 43.4 Å². The molecule has 2 amide bonds. The first kappa shape index (κ1) is 36.3. The molecular weight excluding hydrogens is 658 g/mol. The van der Waals surface area contributed by atoms with Crippen molar-refractivity contribution in [2.75, 3.05) is 42.9 Å². The lowest BCUT2D eigenvalue weighted by atomic mass is 10.0. The number of phenols is 1. The molecule has 4 aromatic carbocycles. The van der Waals surface area contributed by atoms with Crippen LogP contribution in [0.3, 0.4) is 0 Å². The summed E-state index contributed by atoms with van der Waals surface area (Å²) in [4.78, 5) is 44.4. The number of nitrogens with zero attached hydrogens (tertiary/aromatic N) is 2. The molecule has 0 spiro atoms. The number of aromatic nitrogens is 1. The molecule has 270 valence electrons. The Bertz CT molecular complexity index is 2030. The third-order valence-corrected chi connectivity index (χ3v) is 9.50. The Kier molecular flexibility index (Phi) is 12.0. The zero-order chi connectivity index (χ0) is 36.5. The molecule has 52 heavy (non-hydrogen) atoms. The molecule has 1 saturated heterocycles. The van der Waals surface area contributed by atoms with Gasteiger partial charge in [-0.1, -0.05) is 66.7 Å². The molecule has 5 aromatic rings. The fourth-order valence-corrected chi connectivity index (χ4v) is 6.70. The maximum Gasteiger partial charge on any atom is 0.411 e. The third kappa shape index (κ3) is 9.05. The van der Waals surface area contributed by atoms with E-state index in [2.05, 4.69) is 20.5 Å². The van der Waals surface area contributed by atoms with Crippen molar-refractivity contribution in [1.82, 2.24) is 15.2 Å². The zero-order valence-electron chi connectivity index (χ0n) is 29.3. The van der Waals surface area contributed by atoms with Gasteiger partial charge in [0.2, 0.25) is 11.5 Å². The van der Waals surface area contributed by atoms with Crippen molar-refractivity contribution in [3.05, 3.63) is 125 Å². The highest BCUT2D eigenvalue weighted by Crippen LogP contribution is 2.30. The summed E-state index contributed by atoms with van der Waals surface area (Å²) in [6, 6.07) is 31.5. The van der Waals surface area contributed by atoms with E-state index < -0.39 is 12.2 Å². The average Bonchev–Trinajstić information content (AvgIpc) is 3.16. The summed E-state index contributed by atoms with van der Waals surface area (Å²) in [5, 5.41) is 27.7. The van der Waals surface area contributed by atoms with Crippen molar-refractivity contribution >= 4 is 34.3 Å². The smallest absolute Gasteiger partial charge is 0.411 e. The molecule has 0 radical (unpaired) electrons. The fraction of sp³-hybridized carbons (Fsp3) is 0.293. The number of aromatic hydroxyl groups is 1. The number of fused-ring (bicyclic) bond motifs is 1. The molecule has 1 aliphatic heterocycles. The summed E-state index contributed by atoms with van der Waals surface area (Å²) in [6.07, 6.45) is 0.303. The van der Waals surface area contributed by atoms with E-state index in [0.29, 0.717) is 61.1 Å². The van der Waals surface area contributed by atoms with Crippen molar-refractivity contribution in [2.45, 2.75) is 44.9 Å². The van der Waals surface area contributed by atoms with Crippen molar-refractivity contribution in [2.24, 2.45) is 0 Å². The van der Waals surface area contributed by atoms with E-state index in [-0.39, 0.29) is 29.9 Å². The first-order valence-electron chi connectivity index (χ1n) is 17.8. The molecule has 0 unspecified atom stereocenters. The van der Waals surface area contributed by atoms with Crippen LogP contribution < -0.4 is 21.1 Å². The van der Waals surface area contributed by atoms with Crippen LogP contribution in [0.4, 0.5) is 16.2 Å². The number of amides is 2.